The second-order valence-corrected chi connectivity index (χ2v) is 11.0. The first-order valence-electron chi connectivity index (χ1n) is 13.8. The summed E-state index contributed by atoms with van der Waals surface area (Å²) >= 11 is 0. The number of benzene rings is 1. The number of hydrogen-bond donors (Lipinski definition) is 1. The van der Waals surface area contributed by atoms with Crippen LogP contribution in [-0.2, 0) is 0 Å². The molecular formula is C29H43N5O2. The van der Waals surface area contributed by atoms with Gasteiger partial charge in [0.1, 0.15) is 11.9 Å². The van der Waals surface area contributed by atoms with Gasteiger partial charge < -0.3 is 24.8 Å². The number of carbonyl (C=O) groups is 1. The molecule has 1 amide bonds. The SMILES string of the molecule is COc1cccc(C(=O)NC2CC3CCC(C2)N3C2C=CC=CN2CCCN2CCN(C)CC2)c1C. The minimum Gasteiger partial charge on any atom is -0.496 e. The van der Waals surface area contributed by atoms with E-state index in [-0.39, 0.29) is 11.9 Å². The first-order valence-corrected chi connectivity index (χ1v) is 13.8. The van der Waals surface area contributed by atoms with Gasteiger partial charge in [-0.15, -0.1) is 0 Å². The Hall–Kier alpha value is -2.35. The summed E-state index contributed by atoms with van der Waals surface area (Å²) in [4.78, 5) is 23.4. The molecule has 0 aliphatic carbocycles. The van der Waals surface area contributed by atoms with Crippen molar-refractivity contribution in [2.45, 2.75) is 63.3 Å². The highest BCUT2D eigenvalue weighted by Crippen LogP contribution is 2.39. The summed E-state index contributed by atoms with van der Waals surface area (Å²) in [7, 11) is 3.87. The molecule has 196 valence electrons. The minimum absolute atomic E-state index is 0.0234. The number of piperazine rings is 1. The molecule has 1 aromatic carbocycles. The van der Waals surface area contributed by atoms with Crippen molar-refractivity contribution in [3.05, 3.63) is 53.8 Å². The summed E-state index contributed by atoms with van der Waals surface area (Å²) in [5, 5.41) is 3.36. The molecule has 1 aromatic rings. The monoisotopic (exact) mass is 493 g/mol. The van der Waals surface area contributed by atoms with E-state index in [0.717, 1.165) is 36.3 Å². The van der Waals surface area contributed by atoms with Crippen LogP contribution in [0.3, 0.4) is 0 Å². The fourth-order valence-corrected chi connectivity index (χ4v) is 6.66. The van der Waals surface area contributed by atoms with Gasteiger partial charge >= 0.3 is 0 Å². The maximum Gasteiger partial charge on any atom is 0.251 e. The predicted octanol–water partition coefficient (Wildman–Crippen LogP) is 3.08. The van der Waals surface area contributed by atoms with E-state index >= 15 is 0 Å². The van der Waals surface area contributed by atoms with Crippen molar-refractivity contribution < 1.29 is 9.53 Å². The lowest BCUT2D eigenvalue weighted by atomic mass is 9.95. The Labute approximate surface area is 216 Å². The van der Waals surface area contributed by atoms with Crippen LogP contribution < -0.4 is 10.1 Å². The molecule has 0 radical (unpaired) electrons. The maximum atomic E-state index is 13.1. The number of ether oxygens (including phenoxy) is 1. The van der Waals surface area contributed by atoms with Crippen LogP contribution in [-0.4, -0.2) is 103 Å². The average Bonchev–Trinajstić information content (AvgIpc) is 3.15. The molecular weight excluding hydrogens is 450 g/mol. The van der Waals surface area contributed by atoms with Crippen molar-refractivity contribution in [1.82, 2.24) is 24.9 Å². The molecule has 7 heteroatoms. The number of nitrogens with one attached hydrogen (secondary N) is 1. The Morgan fingerprint density at radius 3 is 2.53 bits per heavy atom. The molecule has 4 aliphatic rings. The first-order chi connectivity index (χ1) is 17.5. The standard InChI is InChI=1S/C29H43N5O2/c1-22-26(8-6-9-27(22)36-3)29(35)30-23-20-24-11-12-25(21-23)34(24)28-10-4-5-14-33(28)15-7-13-32-18-16-31(2)17-19-32/h4-6,8-10,14,23-25,28H,7,11-13,15-21H2,1-3H3,(H,30,35). The van der Waals surface area contributed by atoms with Gasteiger partial charge in [-0.05, 0) is 76.9 Å². The number of fused-ring (bicyclic) bond motifs is 2. The Balaban J connectivity index is 1.17. The lowest BCUT2D eigenvalue weighted by Crippen LogP contribution is -2.57. The zero-order chi connectivity index (χ0) is 25.1. The van der Waals surface area contributed by atoms with E-state index in [0.29, 0.717) is 18.2 Å². The van der Waals surface area contributed by atoms with Gasteiger partial charge in [0.15, 0.2) is 0 Å². The zero-order valence-electron chi connectivity index (χ0n) is 22.2. The summed E-state index contributed by atoms with van der Waals surface area (Å²) in [5.41, 5.74) is 1.63. The van der Waals surface area contributed by atoms with Gasteiger partial charge in [-0.25, -0.2) is 0 Å². The van der Waals surface area contributed by atoms with Crippen molar-refractivity contribution in [2.75, 3.05) is 53.4 Å². The highest BCUT2D eigenvalue weighted by Gasteiger charge is 2.45. The van der Waals surface area contributed by atoms with E-state index in [1.54, 1.807) is 7.11 Å². The van der Waals surface area contributed by atoms with Crippen molar-refractivity contribution >= 4 is 5.91 Å². The van der Waals surface area contributed by atoms with E-state index < -0.39 is 0 Å². The molecule has 2 bridgehead atoms. The topological polar surface area (TPSA) is 51.3 Å². The molecule has 0 saturated carbocycles. The molecule has 3 atom stereocenters. The van der Waals surface area contributed by atoms with E-state index in [2.05, 4.69) is 56.4 Å². The van der Waals surface area contributed by atoms with Crippen LogP contribution in [0.4, 0.5) is 0 Å². The Kier molecular flexibility index (Phi) is 7.99. The third kappa shape index (κ3) is 5.48. The number of carbonyl (C=O) groups excluding carboxylic acids is 1. The fraction of sp³-hybridized carbons (Fsp3) is 0.621. The molecule has 7 nitrogen and oxygen atoms in total. The highest BCUT2D eigenvalue weighted by atomic mass is 16.5. The van der Waals surface area contributed by atoms with Gasteiger partial charge in [0, 0.05) is 68.2 Å². The van der Waals surface area contributed by atoms with Gasteiger partial charge in [-0.1, -0.05) is 12.1 Å². The summed E-state index contributed by atoms with van der Waals surface area (Å²) in [6.07, 6.45) is 15.1. The van der Waals surface area contributed by atoms with Crippen LogP contribution in [0.2, 0.25) is 0 Å². The second kappa shape index (κ2) is 11.4. The summed E-state index contributed by atoms with van der Waals surface area (Å²) in [5.74, 6) is 0.790. The van der Waals surface area contributed by atoms with Gasteiger partial charge in [0.25, 0.3) is 5.91 Å². The van der Waals surface area contributed by atoms with Gasteiger partial charge in [0.05, 0.1) is 7.11 Å². The Bertz CT molecular complexity index is 956. The van der Waals surface area contributed by atoms with Crippen molar-refractivity contribution in [1.29, 1.82) is 0 Å². The number of amides is 1. The highest BCUT2D eigenvalue weighted by molar-refractivity contribution is 5.96. The second-order valence-electron chi connectivity index (χ2n) is 11.0. The van der Waals surface area contributed by atoms with Crippen LogP contribution in [0.15, 0.2) is 42.6 Å². The molecule has 3 unspecified atom stereocenters. The fourth-order valence-electron chi connectivity index (χ4n) is 6.66. The normalized spacial score (nSPS) is 29.0. The molecule has 3 saturated heterocycles. The smallest absolute Gasteiger partial charge is 0.251 e. The Morgan fingerprint density at radius 2 is 1.81 bits per heavy atom. The van der Waals surface area contributed by atoms with Crippen LogP contribution in [0, 0.1) is 6.92 Å². The molecule has 0 aromatic heterocycles. The third-order valence-electron chi connectivity index (χ3n) is 8.68. The molecule has 36 heavy (non-hydrogen) atoms. The molecule has 3 fully saturated rings. The Morgan fingerprint density at radius 1 is 1.06 bits per heavy atom. The minimum atomic E-state index is 0.0234. The number of rotatable bonds is 8. The molecule has 5 rings (SSSR count). The maximum absolute atomic E-state index is 13.1. The lowest BCUT2D eigenvalue weighted by Gasteiger charge is -2.47. The molecule has 1 N–H and O–H groups in total. The average molecular weight is 494 g/mol. The summed E-state index contributed by atoms with van der Waals surface area (Å²) in [6, 6.07) is 6.97. The first kappa shape index (κ1) is 25.3. The number of likely N-dealkylation sites (N-methyl/N-ethyl adjacent to an activating group) is 1. The molecule has 4 heterocycles. The van der Waals surface area contributed by atoms with Gasteiger partial charge in [-0.3, -0.25) is 9.69 Å². The van der Waals surface area contributed by atoms with E-state index in [9.17, 15) is 4.79 Å². The largest absolute Gasteiger partial charge is 0.496 e. The molecule has 0 spiro atoms. The van der Waals surface area contributed by atoms with Crippen molar-refractivity contribution in [2.24, 2.45) is 0 Å². The summed E-state index contributed by atoms with van der Waals surface area (Å²) in [6.45, 7) is 8.97. The number of nitrogens with zero attached hydrogens (tertiary/aromatic N) is 4. The van der Waals surface area contributed by atoms with Crippen LogP contribution in [0.1, 0.15) is 48.0 Å². The third-order valence-corrected chi connectivity index (χ3v) is 8.68. The van der Waals surface area contributed by atoms with Crippen LogP contribution in [0.5, 0.6) is 5.75 Å². The van der Waals surface area contributed by atoms with E-state index in [4.69, 9.17) is 4.74 Å². The van der Waals surface area contributed by atoms with E-state index in [1.807, 2.05) is 25.1 Å². The van der Waals surface area contributed by atoms with Gasteiger partial charge in [-0.2, -0.15) is 0 Å². The quantitative estimate of drug-likeness (QED) is 0.601. The van der Waals surface area contributed by atoms with Crippen LogP contribution in [0.25, 0.3) is 0 Å². The number of piperidine rings is 1. The predicted molar refractivity (Wildman–Crippen MR) is 144 cm³/mol. The number of allylic oxidation sites excluding steroid dienone is 2. The lowest BCUT2D eigenvalue weighted by molar-refractivity contribution is 0.0237. The van der Waals surface area contributed by atoms with Crippen LogP contribution >= 0.6 is 0 Å². The zero-order valence-corrected chi connectivity index (χ0v) is 22.2. The summed E-state index contributed by atoms with van der Waals surface area (Å²) < 4.78 is 5.42. The van der Waals surface area contributed by atoms with Crippen molar-refractivity contribution in [3.8, 4) is 5.75 Å². The number of methoxy groups -OCH3 is 1. The van der Waals surface area contributed by atoms with Gasteiger partial charge in [0.2, 0.25) is 0 Å². The number of hydrogen-bond acceptors (Lipinski definition) is 6. The molecule has 4 aliphatic heterocycles. The van der Waals surface area contributed by atoms with Crippen molar-refractivity contribution in [3.63, 3.8) is 0 Å². The van der Waals surface area contributed by atoms with E-state index in [1.165, 1.54) is 52.0 Å².